The summed E-state index contributed by atoms with van der Waals surface area (Å²) in [6.07, 6.45) is 72.9. The molecular formula is C55H97NO3. The Morgan fingerprint density at radius 3 is 1.19 bits per heavy atom. The van der Waals surface area contributed by atoms with Crippen molar-refractivity contribution in [3.8, 4) is 0 Å². The fraction of sp³-hybridized carbons (Fsp3) is 0.727. The molecule has 0 aromatic carbocycles. The minimum Gasteiger partial charge on any atom is -0.394 e. The van der Waals surface area contributed by atoms with Crippen molar-refractivity contribution in [3.05, 3.63) is 85.1 Å². The van der Waals surface area contributed by atoms with Gasteiger partial charge in [-0.15, -0.1) is 0 Å². The molecule has 0 saturated carbocycles. The fourth-order valence-corrected chi connectivity index (χ4v) is 7.26. The number of hydrogen-bond donors (Lipinski definition) is 3. The predicted octanol–water partition coefficient (Wildman–Crippen LogP) is 16.4. The van der Waals surface area contributed by atoms with E-state index in [1.807, 2.05) is 6.08 Å². The molecule has 2 unspecified atom stereocenters. The highest BCUT2D eigenvalue weighted by Crippen LogP contribution is 2.15. The lowest BCUT2D eigenvalue weighted by molar-refractivity contribution is -0.123. The van der Waals surface area contributed by atoms with Gasteiger partial charge in [-0.05, 0) is 83.5 Å². The van der Waals surface area contributed by atoms with Crippen LogP contribution in [-0.2, 0) is 4.79 Å². The van der Waals surface area contributed by atoms with Crippen LogP contribution in [0.1, 0.15) is 239 Å². The Labute approximate surface area is 367 Å². The first kappa shape index (κ1) is 56.6. The summed E-state index contributed by atoms with van der Waals surface area (Å²) in [4.78, 5) is 12.4. The molecule has 0 spiro atoms. The maximum Gasteiger partial charge on any atom is 0.220 e. The van der Waals surface area contributed by atoms with E-state index >= 15 is 0 Å². The number of carbonyl (C=O) groups excluding carboxylic acids is 1. The third kappa shape index (κ3) is 46.5. The van der Waals surface area contributed by atoms with Crippen LogP contribution in [0.3, 0.4) is 0 Å². The Kier molecular flexibility index (Phi) is 47.9. The van der Waals surface area contributed by atoms with Crippen LogP contribution in [0, 0.1) is 0 Å². The van der Waals surface area contributed by atoms with Crippen molar-refractivity contribution in [1.29, 1.82) is 0 Å². The molecule has 0 aromatic rings. The molecule has 0 heterocycles. The van der Waals surface area contributed by atoms with Crippen LogP contribution in [0.25, 0.3) is 0 Å². The zero-order chi connectivity index (χ0) is 42.8. The Morgan fingerprint density at radius 1 is 0.424 bits per heavy atom. The van der Waals surface area contributed by atoms with E-state index in [0.29, 0.717) is 6.42 Å². The predicted molar refractivity (Wildman–Crippen MR) is 262 cm³/mol. The minimum atomic E-state index is -0.873. The second kappa shape index (κ2) is 49.9. The highest BCUT2D eigenvalue weighted by Gasteiger charge is 2.17. The topological polar surface area (TPSA) is 69.6 Å². The van der Waals surface area contributed by atoms with E-state index in [-0.39, 0.29) is 12.5 Å². The van der Waals surface area contributed by atoms with Crippen LogP contribution < -0.4 is 5.32 Å². The minimum absolute atomic E-state index is 0.0796. The van der Waals surface area contributed by atoms with E-state index in [1.54, 1.807) is 6.08 Å². The number of hydrogen-bond acceptors (Lipinski definition) is 3. The van der Waals surface area contributed by atoms with Crippen molar-refractivity contribution in [2.45, 2.75) is 251 Å². The SMILES string of the molecule is CC/C=C\C/C=C\C/C=C\C/C=C\CCCCCCCCCCCCCCCCCCC(=O)NC(CO)C(O)/C=C/CC/C=C/CC/C=C/CCCCCCCCCC. The van der Waals surface area contributed by atoms with Gasteiger partial charge in [-0.1, -0.05) is 234 Å². The van der Waals surface area contributed by atoms with Gasteiger partial charge in [0.1, 0.15) is 0 Å². The normalized spacial score (nSPS) is 13.6. The number of aliphatic hydroxyl groups excluding tert-OH is 2. The van der Waals surface area contributed by atoms with Gasteiger partial charge in [-0.25, -0.2) is 0 Å². The van der Waals surface area contributed by atoms with Crippen molar-refractivity contribution >= 4 is 5.91 Å². The molecule has 0 rings (SSSR count). The second-order valence-corrected chi connectivity index (χ2v) is 16.8. The third-order valence-corrected chi connectivity index (χ3v) is 11.1. The first-order valence-corrected chi connectivity index (χ1v) is 25.3. The van der Waals surface area contributed by atoms with Crippen molar-refractivity contribution in [1.82, 2.24) is 5.32 Å². The number of nitrogens with one attached hydrogen (secondary N) is 1. The quantitative estimate of drug-likeness (QED) is 0.0423. The first-order valence-electron chi connectivity index (χ1n) is 25.3. The van der Waals surface area contributed by atoms with Gasteiger partial charge in [-0.2, -0.15) is 0 Å². The molecule has 2 atom stereocenters. The van der Waals surface area contributed by atoms with E-state index in [4.69, 9.17) is 0 Å². The highest BCUT2D eigenvalue weighted by atomic mass is 16.3. The van der Waals surface area contributed by atoms with Gasteiger partial charge in [-0.3, -0.25) is 4.79 Å². The number of allylic oxidation sites excluding steroid dienone is 13. The lowest BCUT2D eigenvalue weighted by Crippen LogP contribution is -2.45. The maximum atomic E-state index is 12.4. The average molecular weight is 820 g/mol. The monoisotopic (exact) mass is 820 g/mol. The molecule has 0 radical (unpaired) electrons. The Hall–Kier alpha value is -2.43. The second-order valence-electron chi connectivity index (χ2n) is 16.8. The molecule has 0 aliphatic rings. The molecule has 0 bridgehead atoms. The van der Waals surface area contributed by atoms with E-state index in [0.717, 1.165) is 64.2 Å². The van der Waals surface area contributed by atoms with Crippen molar-refractivity contribution in [2.24, 2.45) is 0 Å². The van der Waals surface area contributed by atoms with Gasteiger partial charge in [0.15, 0.2) is 0 Å². The fourth-order valence-electron chi connectivity index (χ4n) is 7.26. The van der Waals surface area contributed by atoms with Gasteiger partial charge >= 0.3 is 0 Å². The molecule has 0 aliphatic heterocycles. The van der Waals surface area contributed by atoms with Gasteiger partial charge in [0, 0.05) is 6.42 Å². The number of aliphatic hydroxyl groups is 2. The Balaban J connectivity index is 3.57. The Morgan fingerprint density at radius 2 is 0.763 bits per heavy atom. The number of unbranched alkanes of at least 4 members (excludes halogenated alkanes) is 26. The molecule has 0 fully saturated rings. The van der Waals surface area contributed by atoms with E-state index in [1.165, 1.54) is 154 Å². The molecule has 59 heavy (non-hydrogen) atoms. The Bertz CT molecular complexity index is 1070. The molecule has 3 N–H and O–H groups in total. The molecular weight excluding hydrogens is 723 g/mol. The van der Waals surface area contributed by atoms with E-state index in [2.05, 4.69) is 92.1 Å². The number of carbonyl (C=O) groups is 1. The van der Waals surface area contributed by atoms with Crippen LogP contribution in [0.2, 0.25) is 0 Å². The summed E-state index contributed by atoms with van der Waals surface area (Å²) in [6.45, 7) is 4.18. The van der Waals surface area contributed by atoms with Gasteiger partial charge in [0.25, 0.3) is 0 Å². The maximum absolute atomic E-state index is 12.4. The summed E-state index contributed by atoms with van der Waals surface area (Å²) in [5, 5.41) is 23.1. The van der Waals surface area contributed by atoms with Crippen LogP contribution in [0.5, 0.6) is 0 Å². The van der Waals surface area contributed by atoms with Crippen LogP contribution >= 0.6 is 0 Å². The van der Waals surface area contributed by atoms with Crippen LogP contribution in [0.15, 0.2) is 85.1 Å². The summed E-state index contributed by atoms with van der Waals surface area (Å²) >= 11 is 0. The molecule has 0 aliphatic carbocycles. The van der Waals surface area contributed by atoms with Crippen molar-refractivity contribution in [2.75, 3.05) is 6.61 Å². The molecule has 4 nitrogen and oxygen atoms in total. The van der Waals surface area contributed by atoms with Gasteiger partial charge < -0.3 is 15.5 Å². The smallest absolute Gasteiger partial charge is 0.220 e. The third-order valence-electron chi connectivity index (χ3n) is 11.1. The molecule has 0 saturated heterocycles. The van der Waals surface area contributed by atoms with Crippen LogP contribution in [-0.4, -0.2) is 34.9 Å². The van der Waals surface area contributed by atoms with Crippen molar-refractivity contribution < 1.29 is 15.0 Å². The molecule has 340 valence electrons. The lowest BCUT2D eigenvalue weighted by Gasteiger charge is -2.19. The molecule has 4 heteroatoms. The largest absolute Gasteiger partial charge is 0.394 e. The van der Waals surface area contributed by atoms with E-state index < -0.39 is 12.1 Å². The highest BCUT2D eigenvalue weighted by molar-refractivity contribution is 5.76. The van der Waals surface area contributed by atoms with E-state index in [9.17, 15) is 15.0 Å². The summed E-state index contributed by atoms with van der Waals surface area (Å²) < 4.78 is 0. The summed E-state index contributed by atoms with van der Waals surface area (Å²) in [5.41, 5.74) is 0. The molecule has 0 aromatic heterocycles. The van der Waals surface area contributed by atoms with Gasteiger partial charge in [0.05, 0.1) is 18.8 Å². The van der Waals surface area contributed by atoms with Crippen LogP contribution in [0.4, 0.5) is 0 Å². The summed E-state index contributed by atoms with van der Waals surface area (Å²) in [6, 6.07) is -0.649. The zero-order valence-electron chi connectivity index (χ0n) is 39.0. The number of amides is 1. The molecule has 1 amide bonds. The summed E-state index contributed by atoms with van der Waals surface area (Å²) in [7, 11) is 0. The average Bonchev–Trinajstić information content (AvgIpc) is 3.24. The standard InChI is InChI=1S/C55H97NO3/c1-3-5-7-9-11-13-15-17-19-21-23-24-25-26-27-28-29-30-31-32-33-35-37-39-41-43-45-47-49-51-55(59)56-53(52-57)54(58)50-48-46-44-42-40-38-36-34-22-20-18-16-14-12-10-8-6-4-2/h5,7,11,13,17,19,22-24,34,40,42,48,50,53-54,57-58H,3-4,6,8-10,12,14-16,18,20-21,25-33,35-39,41,43-47,49,51-52H2,1-2H3,(H,56,59)/b7-5-,13-11-,19-17-,24-23-,34-22+,42-40+,50-48+. The first-order chi connectivity index (χ1) is 29.2. The van der Waals surface area contributed by atoms with Crippen molar-refractivity contribution in [3.63, 3.8) is 0 Å². The summed E-state index contributed by atoms with van der Waals surface area (Å²) in [5.74, 6) is -0.0796. The zero-order valence-corrected chi connectivity index (χ0v) is 39.0. The number of rotatable bonds is 45. The lowest BCUT2D eigenvalue weighted by atomic mass is 10.0. The van der Waals surface area contributed by atoms with Gasteiger partial charge in [0.2, 0.25) is 5.91 Å².